The van der Waals surface area contributed by atoms with Crippen LogP contribution in [-0.2, 0) is 9.53 Å². The van der Waals surface area contributed by atoms with Crippen molar-refractivity contribution in [3.05, 3.63) is 24.3 Å². The molecule has 6 nitrogen and oxygen atoms in total. The summed E-state index contributed by atoms with van der Waals surface area (Å²) in [5.41, 5.74) is 1.25. The smallest absolute Gasteiger partial charge is 0.323 e. The van der Waals surface area contributed by atoms with Gasteiger partial charge >= 0.3 is 5.97 Å². The number of nitrogens with zero attached hydrogens (tertiary/aromatic N) is 3. The third kappa shape index (κ3) is 3.67. The molecule has 0 aromatic heterocycles. The minimum absolute atomic E-state index is 0.0147. The molecule has 0 saturated carbocycles. The second kappa shape index (κ2) is 7.84. The van der Waals surface area contributed by atoms with Crippen LogP contribution in [0.5, 0.6) is 5.75 Å². The molecule has 26 heavy (non-hydrogen) atoms. The molecule has 0 amide bonds. The highest BCUT2D eigenvalue weighted by Gasteiger charge is 2.36. The molecule has 1 atom stereocenters. The summed E-state index contributed by atoms with van der Waals surface area (Å²) in [5.74, 6) is 0.901. The Morgan fingerprint density at radius 2 is 1.77 bits per heavy atom. The number of hydrogen-bond donors (Lipinski definition) is 0. The van der Waals surface area contributed by atoms with E-state index in [-0.39, 0.29) is 12.0 Å². The quantitative estimate of drug-likeness (QED) is 0.761. The molecule has 0 radical (unpaired) electrons. The van der Waals surface area contributed by atoms with E-state index in [1.54, 1.807) is 7.11 Å². The summed E-state index contributed by atoms with van der Waals surface area (Å²) in [6, 6.07) is 9.00. The third-order valence-corrected chi connectivity index (χ3v) is 6.10. The van der Waals surface area contributed by atoms with E-state index >= 15 is 0 Å². The molecular formula is C20H29N3O3. The maximum Gasteiger partial charge on any atom is 0.323 e. The summed E-state index contributed by atoms with van der Waals surface area (Å²) in [6.45, 7) is 6.95. The summed E-state index contributed by atoms with van der Waals surface area (Å²) in [4.78, 5) is 19.2. The Kier molecular flexibility index (Phi) is 5.31. The molecule has 3 saturated heterocycles. The van der Waals surface area contributed by atoms with Crippen LogP contribution in [0.4, 0.5) is 5.69 Å². The predicted octanol–water partition coefficient (Wildman–Crippen LogP) is 1.60. The number of hydrogen-bond acceptors (Lipinski definition) is 6. The van der Waals surface area contributed by atoms with Gasteiger partial charge in [0, 0.05) is 63.5 Å². The number of esters is 1. The summed E-state index contributed by atoms with van der Waals surface area (Å²) in [6.07, 6.45) is 3.18. The van der Waals surface area contributed by atoms with Crippen LogP contribution in [0.15, 0.2) is 24.3 Å². The summed E-state index contributed by atoms with van der Waals surface area (Å²) >= 11 is 0. The van der Waals surface area contributed by atoms with Crippen molar-refractivity contribution in [2.24, 2.45) is 0 Å². The van der Waals surface area contributed by atoms with Crippen molar-refractivity contribution in [2.75, 3.05) is 57.9 Å². The molecule has 1 aromatic carbocycles. The standard InChI is InChI=1S/C20H29N3O3/c1-25-18-4-2-3-17(15-18)22-12-10-21(11-13-22)16-5-8-23(9-6-16)19-7-14-26-20(19)24/h2-4,15-16,19H,5-14H2,1H3/t19-/m1/s1. The molecular weight excluding hydrogens is 330 g/mol. The van der Waals surface area contributed by atoms with E-state index in [1.165, 1.54) is 5.69 Å². The maximum atomic E-state index is 11.8. The number of piperazine rings is 1. The van der Waals surface area contributed by atoms with E-state index in [9.17, 15) is 4.79 Å². The van der Waals surface area contributed by atoms with Crippen LogP contribution in [0.25, 0.3) is 0 Å². The van der Waals surface area contributed by atoms with Gasteiger partial charge in [-0.1, -0.05) is 6.07 Å². The normalized spacial score (nSPS) is 26.1. The first-order chi connectivity index (χ1) is 12.7. The summed E-state index contributed by atoms with van der Waals surface area (Å²) in [7, 11) is 1.72. The average molecular weight is 359 g/mol. The summed E-state index contributed by atoms with van der Waals surface area (Å²) < 4.78 is 10.5. The lowest BCUT2D eigenvalue weighted by Gasteiger charge is -2.44. The first kappa shape index (κ1) is 17.6. The van der Waals surface area contributed by atoms with Crippen molar-refractivity contribution < 1.29 is 14.3 Å². The molecule has 3 heterocycles. The molecule has 3 fully saturated rings. The van der Waals surface area contributed by atoms with E-state index in [4.69, 9.17) is 9.47 Å². The molecule has 142 valence electrons. The van der Waals surface area contributed by atoms with E-state index in [2.05, 4.69) is 32.9 Å². The highest BCUT2D eigenvalue weighted by atomic mass is 16.5. The number of cyclic esters (lactones) is 1. The van der Waals surface area contributed by atoms with Crippen molar-refractivity contribution in [3.8, 4) is 5.75 Å². The maximum absolute atomic E-state index is 11.8. The molecule has 6 heteroatoms. The number of benzene rings is 1. The highest BCUT2D eigenvalue weighted by Crippen LogP contribution is 2.26. The van der Waals surface area contributed by atoms with Crippen LogP contribution in [-0.4, -0.2) is 80.8 Å². The Balaban J connectivity index is 1.27. The number of piperidine rings is 1. The van der Waals surface area contributed by atoms with Gasteiger partial charge in [0.15, 0.2) is 0 Å². The van der Waals surface area contributed by atoms with E-state index < -0.39 is 0 Å². The molecule has 4 rings (SSSR count). The third-order valence-electron chi connectivity index (χ3n) is 6.10. The van der Waals surface area contributed by atoms with Crippen molar-refractivity contribution in [1.82, 2.24) is 9.80 Å². The van der Waals surface area contributed by atoms with Crippen LogP contribution in [0.2, 0.25) is 0 Å². The molecule has 0 unspecified atom stereocenters. The van der Waals surface area contributed by atoms with Crippen molar-refractivity contribution in [2.45, 2.75) is 31.3 Å². The number of anilines is 1. The lowest BCUT2D eigenvalue weighted by Crippen LogP contribution is -2.54. The van der Waals surface area contributed by atoms with Gasteiger partial charge in [-0.2, -0.15) is 0 Å². The van der Waals surface area contributed by atoms with Crippen LogP contribution in [0, 0.1) is 0 Å². The largest absolute Gasteiger partial charge is 0.497 e. The Bertz CT molecular complexity index is 622. The predicted molar refractivity (Wildman–Crippen MR) is 101 cm³/mol. The molecule has 0 bridgehead atoms. The first-order valence-corrected chi connectivity index (χ1v) is 9.78. The number of carbonyl (C=O) groups is 1. The van der Waals surface area contributed by atoms with Gasteiger partial charge in [0.25, 0.3) is 0 Å². The van der Waals surface area contributed by atoms with E-state index in [0.29, 0.717) is 12.6 Å². The zero-order valence-electron chi connectivity index (χ0n) is 15.6. The van der Waals surface area contributed by atoms with E-state index in [0.717, 1.165) is 64.3 Å². The van der Waals surface area contributed by atoms with E-state index in [1.807, 2.05) is 6.07 Å². The minimum atomic E-state index is -0.0182. The highest BCUT2D eigenvalue weighted by molar-refractivity contribution is 5.77. The topological polar surface area (TPSA) is 45.2 Å². The van der Waals surface area contributed by atoms with Gasteiger partial charge in [-0.15, -0.1) is 0 Å². The fourth-order valence-electron chi connectivity index (χ4n) is 4.53. The number of likely N-dealkylation sites (tertiary alicyclic amines) is 1. The van der Waals surface area contributed by atoms with Gasteiger partial charge < -0.3 is 14.4 Å². The number of methoxy groups -OCH3 is 1. The monoisotopic (exact) mass is 359 g/mol. The van der Waals surface area contributed by atoms with Crippen LogP contribution in [0.3, 0.4) is 0 Å². The van der Waals surface area contributed by atoms with Gasteiger partial charge in [-0.3, -0.25) is 14.6 Å². The number of rotatable bonds is 4. The first-order valence-electron chi connectivity index (χ1n) is 9.78. The molecule has 1 aromatic rings. The fourth-order valence-corrected chi connectivity index (χ4v) is 4.53. The second-order valence-corrected chi connectivity index (χ2v) is 7.46. The van der Waals surface area contributed by atoms with Crippen LogP contribution >= 0.6 is 0 Å². The molecule has 0 aliphatic carbocycles. The minimum Gasteiger partial charge on any atom is -0.497 e. The zero-order chi connectivity index (χ0) is 17.9. The summed E-state index contributed by atoms with van der Waals surface area (Å²) in [5, 5.41) is 0. The van der Waals surface area contributed by atoms with Crippen molar-refractivity contribution in [3.63, 3.8) is 0 Å². The fraction of sp³-hybridized carbons (Fsp3) is 0.650. The SMILES string of the molecule is COc1cccc(N2CCN(C3CCN([C@@H]4CCOC4=O)CC3)CC2)c1. The molecule has 0 N–H and O–H groups in total. The lowest BCUT2D eigenvalue weighted by atomic mass is 10.00. The number of ether oxygens (including phenoxy) is 2. The second-order valence-electron chi connectivity index (χ2n) is 7.46. The van der Waals surface area contributed by atoms with Gasteiger partial charge in [0.2, 0.25) is 0 Å². The molecule has 3 aliphatic rings. The van der Waals surface area contributed by atoms with Crippen molar-refractivity contribution in [1.29, 1.82) is 0 Å². The van der Waals surface area contributed by atoms with Gasteiger partial charge in [0.1, 0.15) is 11.8 Å². The van der Waals surface area contributed by atoms with Crippen LogP contribution < -0.4 is 9.64 Å². The number of carbonyl (C=O) groups excluding carboxylic acids is 1. The van der Waals surface area contributed by atoms with Gasteiger partial charge in [-0.25, -0.2) is 0 Å². The Morgan fingerprint density at radius 1 is 1.00 bits per heavy atom. The Labute approximate surface area is 155 Å². The Morgan fingerprint density at radius 3 is 2.42 bits per heavy atom. The van der Waals surface area contributed by atoms with Gasteiger partial charge in [-0.05, 0) is 25.0 Å². The van der Waals surface area contributed by atoms with Crippen LogP contribution in [0.1, 0.15) is 19.3 Å². The average Bonchev–Trinajstić information content (AvgIpc) is 3.14. The van der Waals surface area contributed by atoms with Crippen molar-refractivity contribution >= 4 is 11.7 Å². The zero-order valence-corrected chi connectivity index (χ0v) is 15.6. The van der Waals surface area contributed by atoms with Gasteiger partial charge in [0.05, 0.1) is 13.7 Å². The molecule has 0 spiro atoms. The molecule has 3 aliphatic heterocycles. The lowest BCUT2D eigenvalue weighted by molar-refractivity contribution is -0.142. The Hall–Kier alpha value is -1.79.